The van der Waals surface area contributed by atoms with Crippen LogP contribution in [-0.2, 0) is 5.41 Å². The lowest BCUT2D eigenvalue weighted by atomic mass is 9.42. The Balaban J connectivity index is 1.96. The molecule has 0 radical (unpaired) electrons. The fourth-order valence-electron chi connectivity index (χ4n) is 2.65. The Morgan fingerprint density at radius 3 is 2.08 bits per heavy atom. The molecule has 62 valence electrons. The highest BCUT2D eigenvalue weighted by molar-refractivity contribution is 5.37. The molecular formula is C11H12O. The first-order chi connectivity index (χ1) is 5.78. The molecule has 1 aromatic rings. The number of phenolic OH excluding ortho intramolecular Hbond substituents is 1. The lowest BCUT2D eigenvalue weighted by Gasteiger charge is -2.62. The van der Waals surface area contributed by atoms with Crippen LogP contribution in [0.3, 0.4) is 0 Å². The Labute approximate surface area is 72.0 Å². The predicted molar refractivity (Wildman–Crippen MR) is 47.1 cm³/mol. The van der Waals surface area contributed by atoms with E-state index in [0.29, 0.717) is 11.2 Å². The maximum absolute atomic E-state index is 9.13. The van der Waals surface area contributed by atoms with Crippen LogP contribution in [-0.4, -0.2) is 5.11 Å². The third-order valence-electron chi connectivity index (χ3n) is 3.52. The summed E-state index contributed by atoms with van der Waals surface area (Å²) in [5.41, 5.74) is 1.97. The largest absolute Gasteiger partial charge is 0.508 e. The molecule has 3 saturated carbocycles. The molecule has 12 heavy (non-hydrogen) atoms. The molecule has 1 aromatic carbocycles. The van der Waals surface area contributed by atoms with Gasteiger partial charge in [0, 0.05) is 0 Å². The van der Waals surface area contributed by atoms with Gasteiger partial charge in [-0.1, -0.05) is 12.1 Å². The first-order valence-electron chi connectivity index (χ1n) is 4.58. The van der Waals surface area contributed by atoms with Crippen LogP contribution in [0, 0.1) is 5.92 Å². The average Bonchev–Trinajstić information content (AvgIpc) is 1.87. The van der Waals surface area contributed by atoms with E-state index in [-0.39, 0.29) is 0 Å². The Hall–Kier alpha value is -0.980. The van der Waals surface area contributed by atoms with Gasteiger partial charge in [-0.15, -0.1) is 0 Å². The van der Waals surface area contributed by atoms with E-state index >= 15 is 0 Å². The van der Waals surface area contributed by atoms with Crippen molar-refractivity contribution >= 4 is 0 Å². The minimum absolute atomic E-state index is 0.380. The second kappa shape index (κ2) is 1.85. The molecule has 0 aliphatic heterocycles. The van der Waals surface area contributed by atoms with Gasteiger partial charge < -0.3 is 5.11 Å². The van der Waals surface area contributed by atoms with E-state index in [0.717, 1.165) is 5.92 Å². The van der Waals surface area contributed by atoms with Crippen molar-refractivity contribution in [3.05, 3.63) is 29.8 Å². The molecule has 0 amide bonds. The zero-order valence-electron chi connectivity index (χ0n) is 6.96. The van der Waals surface area contributed by atoms with Gasteiger partial charge in [0.1, 0.15) is 5.75 Å². The Morgan fingerprint density at radius 2 is 1.67 bits per heavy atom. The van der Waals surface area contributed by atoms with Gasteiger partial charge in [-0.05, 0) is 48.3 Å². The number of benzene rings is 1. The van der Waals surface area contributed by atoms with Gasteiger partial charge in [0.25, 0.3) is 0 Å². The fraction of sp³-hybridized carbons (Fsp3) is 0.455. The molecule has 0 unspecified atom stereocenters. The maximum atomic E-state index is 9.13. The predicted octanol–water partition coefficient (Wildman–Crippen LogP) is 2.44. The monoisotopic (exact) mass is 160 g/mol. The summed E-state index contributed by atoms with van der Waals surface area (Å²) in [5, 5.41) is 9.13. The Bertz CT molecular complexity index is 295. The molecule has 0 atom stereocenters. The first-order valence-corrected chi connectivity index (χ1v) is 4.58. The smallest absolute Gasteiger partial charge is 0.115 e. The minimum Gasteiger partial charge on any atom is -0.508 e. The van der Waals surface area contributed by atoms with Crippen LogP contribution in [0.15, 0.2) is 24.3 Å². The van der Waals surface area contributed by atoms with Crippen LogP contribution in [0.1, 0.15) is 24.8 Å². The molecule has 0 aromatic heterocycles. The zero-order chi connectivity index (χ0) is 8.18. The molecule has 0 heterocycles. The van der Waals surface area contributed by atoms with Crippen molar-refractivity contribution in [1.29, 1.82) is 0 Å². The maximum Gasteiger partial charge on any atom is 0.115 e. The van der Waals surface area contributed by atoms with Gasteiger partial charge in [-0.25, -0.2) is 0 Å². The summed E-state index contributed by atoms with van der Waals surface area (Å²) in [7, 11) is 0. The van der Waals surface area contributed by atoms with Crippen molar-refractivity contribution in [1.82, 2.24) is 0 Å². The van der Waals surface area contributed by atoms with Crippen LogP contribution >= 0.6 is 0 Å². The summed E-state index contributed by atoms with van der Waals surface area (Å²) >= 11 is 0. The average molecular weight is 160 g/mol. The van der Waals surface area contributed by atoms with Gasteiger partial charge in [0.15, 0.2) is 0 Å². The third kappa shape index (κ3) is 0.644. The second-order valence-electron chi connectivity index (χ2n) is 4.31. The van der Waals surface area contributed by atoms with Crippen molar-refractivity contribution in [3.8, 4) is 5.75 Å². The molecule has 0 spiro atoms. The third-order valence-corrected chi connectivity index (χ3v) is 3.52. The van der Waals surface area contributed by atoms with E-state index in [9.17, 15) is 0 Å². The molecule has 2 bridgehead atoms. The number of phenols is 1. The fourth-order valence-corrected chi connectivity index (χ4v) is 2.65. The topological polar surface area (TPSA) is 20.2 Å². The minimum atomic E-state index is 0.380. The molecule has 3 aliphatic carbocycles. The number of rotatable bonds is 1. The van der Waals surface area contributed by atoms with E-state index in [1.807, 2.05) is 0 Å². The summed E-state index contributed by atoms with van der Waals surface area (Å²) < 4.78 is 0. The van der Waals surface area contributed by atoms with Gasteiger partial charge in [0.2, 0.25) is 0 Å². The van der Waals surface area contributed by atoms with Crippen LogP contribution < -0.4 is 0 Å². The number of aromatic hydroxyl groups is 1. The summed E-state index contributed by atoms with van der Waals surface area (Å²) in [4.78, 5) is 0. The molecule has 3 fully saturated rings. The van der Waals surface area contributed by atoms with Crippen molar-refractivity contribution in [2.45, 2.75) is 24.7 Å². The molecule has 0 saturated heterocycles. The molecule has 1 heteroatoms. The van der Waals surface area contributed by atoms with E-state index < -0.39 is 0 Å². The van der Waals surface area contributed by atoms with Crippen molar-refractivity contribution < 1.29 is 5.11 Å². The van der Waals surface area contributed by atoms with Crippen LogP contribution in [0.25, 0.3) is 0 Å². The Morgan fingerprint density at radius 1 is 1.08 bits per heavy atom. The molecule has 4 rings (SSSR count). The van der Waals surface area contributed by atoms with Crippen molar-refractivity contribution in [2.75, 3.05) is 0 Å². The second-order valence-corrected chi connectivity index (χ2v) is 4.31. The SMILES string of the molecule is Oc1ccc(C23CC(C2)C3)cc1. The van der Waals surface area contributed by atoms with Gasteiger partial charge in [-0.2, -0.15) is 0 Å². The lowest BCUT2D eigenvalue weighted by molar-refractivity contribution is -0.0274. The van der Waals surface area contributed by atoms with Crippen LogP contribution in [0.2, 0.25) is 0 Å². The first kappa shape index (κ1) is 6.53. The number of hydrogen-bond donors (Lipinski definition) is 1. The molecule has 1 nitrogen and oxygen atoms in total. The van der Waals surface area contributed by atoms with Gasteiger partial charge in [0.05, 0.1) is 0 Å². The summed E-state index contributed by atoms with van der Waals surface area (Å²) in [6, 6.07) is 7.75. The highest BCUT2D eigenvalue weighted by Crippen LogP contribution is 2.65. The van der Waals surface area contributed by atoms with E-state index in [2.05, 4.69) is 12.1 Å². The zero-order valence-corrected chi connectivity index (χ0v) is 6.96. The van der Waals surface area contributed by atoms with Crippen molar-refractivity contribution in [3.63, 3.8) is 0 Å². The highest BCUT2D eigenvalue weighted by atomic mass is 16.3. The Kier molecular flexibility index (Phi) is 1.00. The highest BCUT2D eigenvalue weighted by Gasteiger charge is 2.57. The van der Waals surface area contributed by atoms with Gasteiger partial charge >= 0.3 is 0 Å². The van der Waals surface area contributed by atoms with E-state index in [1.165, 1.54) is 24.8 Å². The molecule has 1 N–H and O–H groups in total. The van der Waals surface area contributed by atoms with E-state index in [1.54, 1.807) is 12.1 Å². The standard InChI is InChI=1S/C11H12O/c12-10-3-1-9(2-4-10)11-5-8(6-11)7-11/h1-4,8,12H,5-7H2. The summed E-state index contributed by atoms with van der Waals surface area (Å²) in [5.74, 6) is 1.41. The quantitative estimate of drug-likeness (QED) is 0.669. The molecule has 3 aliphatic rings. The normalized spacial score (nSPS) is 36.8. The van der Waals surface area contributed by atoms with Crippen molar-refractivity contribution in [2.24, 2.45) is 5.92 Å². The van der Waals surface area contributed by atoms with Crippen LogP contribution in [0.4, 0.5) is 0 Å². The number of hydrogen-bond acceptors (Lipinski definition) is 1. The molecular weight excluding hydrogens is 148 g/mol. The summed E-state index contributed by atoms with van der Waals surface area (Å²) in [6.45, 7) is 0. The van der Waals surface area contributed by atoms with E-state index in [4.69, 9.17) is 5.11 Å². The van der Waals surface area contributed by atoms with Gasteiger partial charge in [-0.3, -0.25) is 0 Å². The van der Waals surface area contributed by atoms with Crippen LogP contribution in [0.5, 0.6) is 5.75 Å². The lowest BCUT2D eigenvalue weighted by Crippen LogP contribution is -2.55. The summed E-state index contributed by atoms with van der Waals surface area (Å²) in [6.07, 6.45) is 4.16.